The van der Waals surface area contributed by atoms with Gasteiger partial charge in [-0.05, 0) is 35.4 Å². The maximum Gasteiger partial charge on any atom is 0.159 e. The van der Waals surface area contributed by atoms with Crippen LogP contribution in [0.5, 0.6) is 0 Å². The molecule has 0 aliphatic heterocycles. The average Bonchev–Trinajstić information content (AvgIpc) is 3.13. The van der Waals surface area contributed by atoms with Crippen molar-refractivity contribution in [2.75, 3.05) is 3.11 Å². The molecule has 0 saturated carbocycles. The van der Waals surface area contributed by atoms with Gasteiger partial charge in [-0.25, -0.2) is 0 Å². The number of anilines is 2. The topological polar surface area (TPSA) is 16.4 Å². The summed E-state index contributed by atoms with van der Waals surface area (Å²) in [5.41, 5.74) is 6.41. The van der Waals surface area contributed by atoms with Crippen molar-refractivity contribution in [2.24, 2.45) is 0 Å². The van der Waals surface area contributed by atoms with E-state index in [0.29, 0.717) is 0 Å². The predicted octanol–water partition coefficient (Wildman–Crippen LogP) is 7.74. The van der Waals surface area contributed by atoms with Crippen molar-refractivity contribution < 1.29 is 4.42 Å². The van der Waals surface area contributed by atoms with Gasteiger partial charge in [0.05, 0.1) is 34.2 Å². The van der Waals surface area contributed by atoms with Crippen molar-refractivity contribution in [2.45, 2.75) is 0 Å². The molecule has 0 aliphatic carbocycles. The van der Waals surface area contributed by atoms with Crippen LogP contribution in [0.3, 0.4) is 0 Å². The molecule has 0 spiro atoms. The highest BCUT2D eigenvalue weighted by molar-refractivity contribution is 14.1. The van der Waals surface area contributed by atoms with Gasteiger partial charge in [-0.2, -0.15) is 0 Å². The number of rotatable bonds is 3. The van der Waals surface area contributed by atoms with Gasteiger partial charge in [-0.1, -0.05) is 72.8 Å². The van der Waals surface area contributed by atoms with Crippen LogP contribution in [0.1, 0.15) is 0 Å². The molecule has 130 valence electrons. The Hall–Kier alpha value is -2.79. The smallest absolute Gasteiger partial charge is 0.159 e. The highest BCUT2D eigenvalue weighted by atomic mass is 127. The molecule has 0 N–H and O–H groups in total. The Morgan fingerprint density at radius 2 is 1.33 bits per heavy atom. The number of hydrogen-bond acceptors (Lipinski definition) is 2. The van der Waals surface area contributed by atoms with Gasteiger partial charge in [-0.15, -0.1) is 0 Å². The molecule has 3 heteroatoms. The van der Waals surface area contributed by atoms with Crippen molar-refractivity contribution in [1.82, 2.24) is 0 Å². The fourth-order valence-electron chi connectivity index (χ4n) is 3.46. The van der Waals surface area contributed by atoms with E-state index < -0.39 is 0 Å². The summed E-state index contributed by atoms with van der Waals surface area (Å²) in [6, 6.07) is 33.5. The van der Waals surface area contributed by atoms with Gasteiger partial charge in [0.25, 0.3) is 0 Å². The Kier molecular flexibility index (Phi) is 4.09. The minimum Gasteiger partial charge on any atom is -0.454 e. The molecule has 0 fully saturated rings. The van der Waals surface area contributed by atoms with E-state index in [0.717, 1.165) is 33.3 Å². The van der Waals surface area contributed by atoms with E-state index in [-0.39, 0.29) is 0 Å². The van der Waals surface area contributed by atoms with Crippen LogP contribution in [0.25, 0.3) is 33.1 Å². The zero-order chi connectivity index (χ0) is 18.2. The molecule has 0 radical (unpaired) electrons. The highest BCUT2D eigenvalue weighted by Gasteiger charge is 2.15. The van der Waals surface area contributed by atoms with E-state index in [2.05, 4.69) is 105 Å². The second-order valence-electron chi connectivity index (χ2n) is 6.45. The molecule has 27 heavy (non-hydrogen) atoms. The lowest BCUT2D eigenvalue weighted by Gasteiger charge is -2.18. The molecular weight excluding hydrogens is 445 g/mol. The van der Waals surface area contributed by atoms with Gasteiger partial charge >= 0.3 is 0 Å². The summed E-state index contributed by atoms with van der Waals surface area (Å²) in [7, 11) is 0. The molecule has 5 aromatic rings. The Bertz CT molecular complexity index is 1240. The second kappa shape index (κ2) is 6.74. The molecule has 1 aromatic heterocycles. The zero-order valence-corrected chi connectivity index (χ0v) is 16.6. The largest absolute Gasteiger partial charge is 0.454 e. The predicted molar refractivity (Wildman–Crippen MR) is 122 cm³/mol. The second-order valence-corrected chi connectivity index (χ2v) is 7.41. The van der Waals surface area contributed by atoms with E-state index >= 15 is 0 Å². The van der Waals surface area contributed by atoms with E-state index in [1.807, 2.05) is 18.2 Å². The lowest BCUT2D eigenvalue weighted by molar-refractivity contribution is 0.670. The number of nitrogens with zero attached hydrogens (tertiary/aromatic N) is 1. The number of benzene rings is 4. The molecule has 5 rings (SSSR count). The van der Waals surface area contributed by atoms with Gasteiger partial charge in [0, 0.05) is 10.8 Å². The Morgan fingerprint density at radius 1 is 0.630 bits per heavy atom. The molecule has 0 atom stereocenters. The normalized spacial score (nSPS) is 11.1. The van der Waals surface area contributed by atoms with Crippen LogP contribution in [0.4, 0.5) is 11.4 Å². The molecule has 0 aliphatic rings. The summed E-state index contributed by atoms with van der Waals surface area (Å²) in [4.78, 5) is 0. The number of fused-ring (bicyclic) bond motifs is 3. The summed E-state index contributed by atoms with van der Waals surface area (Å²) < 4.78 is 8.36. The van der Waals surface area contributed by atoms with Crippen LogP contribution in [0.15, 0.2) is 101 Å². The van der Waals surface area contributed by atoms with Crippen molar-refractivity contribution in [1.29, 1.82) is 0 Å². The van der Waals surface area contributed by atoms with Crippen LogP contribution < -0.4 is 3.11 Å². The number of furan rings is 1. The van der Waals surface area contributed by atoms with Gasteiger partial charge < -0.3 is 4.42 Å². The molecule has 0 unspecified atom stereocenters. The monoisotopic (exact) mass is 461 g/mol. The molecule has 0 saturated heterocycles. The van der Waals surface area contributed by atoms with Gasteiger partial charge in [-0.3, -0.25) is 3.11 Å². The number of halogens is 1. The quantitative estimate of drug-likeness (QED) is 0.202. The minimum absolute atomic E-state index is 0.915. The van der Waals surface area contributed by atoms with Crippen LogP contribution in [0, 0.1) is 0 Å². The zero-order valence-electron chi connectivity index (χ0n) is 14.5. The Morgan fingerprint density at radius 3 is 2.22 bits per heavy atom. The lowest BCUT2D eigenvalue weighted by Crippen LogP contribution is -2.01. The van der Waals surface area contributed by atoms with E-state index in [4.69, 9.17) is 4.42 Å². The van der Waals surface area contributed by atoms with Gasteiger partial charge in [0.2, 0.25) is 0 Å². The van der Waals surface area contributed by atoms with E-state index in [1.54, 1.807) is 0 Å². The summed E-state index contributed by atoms with van der Waals surface area (Å²) >= 11 is 2.36. The van der Waals surface area contributed by atoms with E-state index in [1.165, 1.54) is 11.1 Å². The average molecular weight is 461 g/mol. The molecule has 0 bridgehead atoms. The number of hydrogen-bond donors (Lipinski definition) is 0. The SMILES string of the molecule is IN(c1cccc(-c2ccccc2)c1)c1cccc2c1oc1ccccc12. The molecule has 2 nitrogen and oxygen atoms in total. The van der Waals surface area contributed by atoms with Crippen molar-refractivity contribution in [3.05, 3.63) is 97.1 Å². The summed E-state index contributed by atoms with van der Waals surface area (Å²) in [6.07, 6.45) is 0. The Labute approximate surface area is 171 Å². The summed E-state index contributed by atoms with van der Waals surface area (Å²) in [5, 5.41) is 2.29. The van der Waals surface area contributed by atoms with Crippen LogP contribution in [-0.2, 0) is 0 Å². The van der Waals surface area contributed by atoms with Crippen LogP contribution >= 0.6 is 22.9 Å². The van der Waals surface area contributed by atoms with Crippen molar-refractivity contribution in [3.63, 3.8) is 0 Å². The minimum atomic E-state index is 0.915. The van der Waals surface area contributed by atoms with Crippen molar-refractivity contribution >= 4 is 56.2 Å². The fraction of sp³-hybridized carbons (Fsp3) is 0. The summed E-state index contributed by atoms with van der Waals surface area (Å²) in [5.74, 6) is 0. The van der Waals surface area contributed by atoms with Gasteiger partial charge in [0.1, 0.15) is 5.58 Å². The molecule has 1 heterocycles. The third-order valence-electron chi connectivity index (χ3n) is 4.77. The first-order valence-corrected chi connectivity index (χ1v) is 9.79. The standard InChI is InChI=1S/C24H16INO/c25-26(19-11-6-10-18(16-19)17-8-2-1-3-9-17)22-14-7-13-21-20-12-4-5-15-23(20)27-24(21)22/h1-16H. The first kappa shape index (κ1) is 16.4. The third-order valence-corrected chi connectivity index (χ3v) is 5.85. The third kappa shape index (κ3) is 2.88. The van der Waals surface area contributed by atoms with Crippen molar-refractivity contribution in [3.8, 4) is 11.1 Å². The maximum atomic E-state index is 6.19. The lowest BCUT2D eigenvalue weighted by atomic mass is 10.1. The molecule has 0 amide bonds. The van der Waals surface area contributed by atoms with Crippen LogP contribution in [0.2, 0.25) is 0 Å². The molecular formula is C24H16INO. The Balaban J connectivity index is 1.63. The summed E-state index contributed by atoms with van der Waals surface area (Å²) in [6.45, 7) is 0. The van der Waals surface area contributed by atoms with E-state index in [9.17, 15) is 0 Å². The van der Waals surface area contributed by atoms with Crippen LogP contribution in [-0.4, -0.2) is 0 Å². The first-order chi connectivity index (χ1) is 13.3. The molecule has 4 aromatic carbocycles. The van der Waals surface area contributed by atoms with Gasteiger partial charge in [0.15, 0.2) is 5.58 Å². The first-order valence-electron chi connectivity index (χ1n) is 8.83. The fourth-order valence-corrected chi connectivity index (χ4v) is 4.14. The number of para-hydroxylation sites is 2. The maximum absolute atomic E-state index is 6.19. The highest BCUT2D eigenvalue weighted by Crippen LogP contribution is 2.40.